The average Bonchev–Trinajstić information content (AvgIpc) is 2.84. The number of hydrazine groups is 1. The molecule has 0 aliphatic carbocycles. The van der Waals surface area contributed by atoms with E-state index < -0.39 is 13.3 Å². The molecule has 1 N–H and O–H groups in total. The zero-order valence-corrected chi connectivity index (χ0v) is 17.8. The second-order valence-corrected chi connectivity index (χ2v) is 10.4. The predicted octanol–water partition coefficient (Wildman–Crippen LogP) is 3.03. The van der Waals surface area contributed by atoms with Crippen molar-refractivity contribution >= 4 is 19.2 Å². The summed E-state index contributed by atoms with van der Waals surface area (Å²) in [5.74, 6) is -0.771. The van der Waals surface area contributed by atoms with Crippen LogP contribution in [0, 0.1) is 5.92 Å². The van der Waals surface area contributed by atoms with Crippen molar-refractivity contribution in [1.82, 2.24) is 10.0 Å². The van der Waals surface area contributed by atoms with E-state index in [0.29, 0.717) is 45.6 Å². The number of nitrogens with zero attached hydrogens (tertiary/aromatic N) is 2. The molecular formula is C21H31N2O5P. The fraction of sp³-hybridized carbons (Fsp3) is 0.619. The topological polar surface area (TPSA) is 87.2 Å². The van der Waals surface area contributed by atoms with Crippen LogP contribution in [0.1, 0.15) is 44.1 Å². The van der Waals surface area contributed by atoms with Crippen LogP contribution in [0.3, 0.4) is 0 Å². The van der Waals surface area contributed by atoms with Crippen molar-refractivity contribution in [2.24, 2.45) is 5.92 Å². The third-order valence-electron chi connectivity index (χ3n) is 5.54. The van der Waals surface area contributed by atoms with Crippen molar-refractivity contribution in [3.63, 3.8) is 0 Å². The smallest absolute Gasteiger partial charge is 0.244 e. The lowest BCUT2D eigenvalue weighted by molar-refractivity contribution is -0.166. The molecule has 2 aliphatic rings. The van der Waals surface area contributed by atoms with Crippen LogP contribution in [-0.2, 0) is 25.5 Å². The van der Waals surface area contributed by atoms with Gasteiger partial charge in [-0.25, -0.2) is 0 Å². The lowest BCUT2D eigenvalue weighted by Gasteiger charge is -2.38. The van der Waals surface area contributed by atoms with E-state index in [2.05, 4.69) is 0 Å². The van der Waals surface area contributed by atoms with Gasteiger partial charge in [0.25, 0.3) is 0 Å². The minimum Gasteiger partial charge on any atom is -0.377 e. The van der Waals surface area contributed by atoms with Crippen LogP contribution < -0.4 is 0 Å². The monoisotopic (exact) mass is 422 g/mol. The highest BCUT2D eigenvalue weighted by Gasteiger charge is 2.39. The predicted molar refractivity (Wildman–Crippen MR) is 110 cm³/mol. The standard InChI is InChI=1S/C21H31N2O5P/c24-20-11-10-19(21(25)23-13-5-4-12-22(20)23)17-29(26,27)15-7-6-14-28-16-18-8-2-1-3-9-18/h1-3,8-9,19H,4-7,10-17H2,(H,26,27)/t19-/m1/s1. The molecule has 0 aromatic heterocycles. The zero-order valence-electron chi connectivity index (χ0n) is 16.9. The highest BCUT2D eigenvalue weighted by molar-refractivity contribution is 7.58. The van der Waals surface area contributed by atoms with Crippen molar-refractivity contribution in [2.45, 2.75) is 45.1 Å². The van der Waals surface area contributed by atoms with E-state index in [1.165, 1.54) is 10.0 Å². The fourth-order valence-electron chi connectivity index (χ4n) is 3.95. The number of rotatable bonds is 9. The SMILES string of the molecule is O=C1CC[C@H](CP(=O)(O)CCCCOCc2ccccc2)C(=O)N2CCCCN12. The summed E-state index contributed by atoms with van der Waals surface area (Å²) in [5, 5.41) is 3.05. The molecule has 2 amide bonds. The Morgan fingerprint density at radius 3 is 2.55 bits per heavy atom. The Labute approximate surface area is 172 Å². The number of benzene rings is 1. The second-order valence-electron chi connectivity index (χ2n) is 7.92. The van der Waals surface area contributed by atoms with Gasteiger partial charge < -0.3 is 9.63 Å². The summed E-state index contributed by atoms with van der Waals surface area (Å²) in [4.78, 5) is 35.5. The molecule has 0 bridgehead atoms. The van der Waals surface area contributed by atoms with Crippen LogP contribution in [0.25, 0.3) is 0 Å². The van der Waals surface area contributed by atoms with Crippen molar-refractivity contribution in [3.05, 3.63) is 35.9 Å². The van der Waals surface area contributed by atoms with Gasteiger partial charge in [-0.1, -0.05) is 30.3 Å². The van der Waals surface area contributed by atoms with Gasteiger partial charge in [-0.05, 0) is 37.7 Å². The Morgan fingerprint density at radius 2 is 1.79 bits per heavy atom. The van der Waals surface area contributed by atoms with Crippen LogP contribution in [0.5, 0.6) is 0 Å². The molecule has 8 heteroatoms. The van der Waals surface area contributed by atoms with Crippen molar-refractivity contribution in [2.75, 3.05) is 32.0 Å². The maximum absolute atomic E-state index is 12.8. The Bertz CT molecular complexity index is 742. The molecule has 2 fully saturated rings. The largest absolute Gasteiger partial charge is 0.377 e. The van der Waals surface area contributed by atoms with Gasteiger partial charge in [0.05, 0.1) is 6.61 Å². The van der Waals surface area contributed by atoms with E-state index in [9.17, 15) is 19.0 Å². The summed E-state index contributed by atoms with van der Waals surface area (Å²) in [6.07, 6.45) is 3.81. The van der Waals surface area contributed by atoms with Crippen LogP contribution in [0.15, 0.2) is 30.3 Å². The zero-order chi connectivity index (χ0) is 20.7. The van der Waals surface area contributed by atoms with Gasteiger partial charge in [0, 0.05) is 44.4 Å². The Kier molecular flexibility index (Phi) is 7.87. The molecule has 1 unspecified atom stereocenters. The third-order valence-corrected chi connectivity index (χ3v) is 7.57. The number of ether oxygens (including phenoxy) is 1. The molecule has 1 aromatic carbocycles. The number of unbranched alkanes of at least 4 members (excludes halogenated alkanes) is 1. The lowest BCUT2D eigenvalue weighted by atomic mass is 10.1. The first-order valence-electron chi connectivity index (χ1n) is 10.5. The van der Waals surface area contributed by atoms with Crippen LogP contribution in [0.4, 0.5) is 0 Å². The maximum atomic E-state index is 12.8. The van der Waals surface area contributed by atoms with Gasteiger partial charge >= 0.3 is 0 Å². The number of carbonyl (C=O) groups excluding carboxylic acids is 2. The van der Waals surface area contributed by atoms with E-state index in [0.717, 1.165) is 18.4 Å². The summed E-state index contributed by atoms with van der Waals surface area (Å²) in [6, 6.07) is 9.89. The summed E-state index contributed by atoms with van der Waals surface area (Å²) < 4.78 is 18.3. The minimum atomic E-state index is -3.42. The molecule has 1 aromatic rings. The molecule has 0 radical (unpaired) electrons. The number of amides is 2. The normalized spacial score (nSPS) is 22.2. The van der Waals surface area contributed by atoms with Gasteiger partial charge in [-0.2, -0.15) is 0 Å². The quantitative estimate of drug-likeness (QED) is 0.488. The summed E-state index contributed by atoms with van der Waals surface area (Å²) in [6.45, 7) is 2.16. The fourth-order valence-corrected chi connectivity index (χ4v) is 5.87. The molecule has 2 heterocycles. The van der Waals surface area contributed by atoms with E-state index in [1.54, 1.807) is 0 Å². The van der Waals surface area contributed by atoms with Gasteiger partial charge in [0.1, 0.15) is 0 Å². The Balaban J connectivity index is 1.41. The second kappa shape index (κ2) is 10.4. The van der Waals surface area contributed by atoms with Crippen molar-refractivity contribution < 1.29 is 23.8 Å². The number of fused-ring (bicyclic) bond motifs is 1. The molecule has 2 saturated heterocycles. The molecule has 0 spiro atoms. The van der Waals surface area contributed by atoms with E-state index in [1.807, 2.05) is 30.3 Å². The lowest BCUT2D eigenvalue weighted by Crippen LogP contribution is -2.53. The van der Waals surface area contributed by atoms with Crippen LogP contribution in [-0.4, -0.2) is 58.7 Å². The maximum Gasteiger partial charge on any atom is 0.244 e. The number of carbonyl (C=O) groups is 2. The number of hydrogen-bond donors (Lipinski definition) is 1. The Morgan fingerprint density at radius 1 is 1.07 bits per heavy atom. The molecule has 2 aliphatic heterocycles. The molecule has 29 heavy (non-hydrogen) atoms. The van der Waals surface area contributed by atoms with E-state index in [4.69, 9.17) is 4.74 Å². The van der Waals surface area contributed by atoms with Gasteiger partial charge in [0.15, 0.2) is 0 Å². The third kappa shape index (κ3) is 6.39. The molecule has 2 atom stereocenters. The molecule has 0 saturated carbocycles. The summed E-state index contributed by atoms with van der Waals surface area (Å²) in [7, 11) is -3.42. The average molecular weight is 422 g/mol. The van der Waals surface area contributed by atoms with Crippen molar-refractivity contribution in [1.29, 1.82) is 0 Å². The first kappa shape index (κ1) is 22.0. The highest BCUT2D eigenvalue weighted by Crippen LogP contribution is 2.45. The molecular weight excluding hydrogens is 391 g/mol. The van der Waals surface area contributed by atoms with Crippen LogP contribution >= 0.6 is 7.37 Å². The summed E-state index contributed by atoms with van der Waals surface area (Å²) >= 11 is 0. The highest BCUT2D eigenvalue weighted by atomic mass is 31.2. The van der Waals surface area contributed by atoms with E-state index >= 15 is 0 Å². The minimum absolute atomic E-state index is 0.0334. The van der Waals surface area contributed by atoms with Gasteiger partial charge in [0.2, 0.25) is 19.2 Å². The van der Waals surface area contributed by atoms with Crippen molar-refractivity contribution in [3.8, 4) is 0 Å². The molecule has 7 nitrogen and oxygen atoms in total. The van der Waals surface area contributed by atoms with E-state index in [-0.39, 0.29) is 30.6 Å². The van der Waals surface area contributed by atoms with Gasteiger partial charge in [-0.15, -0.1) is 0 Å². The Hall–Kier alpha value is -1.69. The number of hydrogen-bond acceptors (Lipinski definition) is 4. The summed E-state index contributed by atoms with van der Waals surface area (Å²) in [5.41, 5.74) is 1.11. The van der Waals surface area contributed by atoms with Crippen LogP contribution in [0.2, 0.25) is 0 Å². The first-order valence-corrected chi connectivity index (χ1v) is 12.5. The molecule has 160 valence electrons. The van der Waals surface area contributed by atoms with Gasteiger partial charge in [-0.3, -0.25) is 24.2 Å². The molecule has 3 rings (SSSR count). The first-order chi connectivity index (χ1) is 14.0.